The van der Waals surface area contributed by atoms with E-state index in [1.54, 1.807) is 0 Å². The molecule has 1 aliphatic rings. The van der Waals surface area contributed by atoms with Crippen LogP contribution in [0.3, 0.4) is 0 Å². The lowest BCUT2D eigenvalue weighted by molar-refractivity contribution is -0.116. The topological polar surface area (TPSA) is 41.1 Å². The molecule has 0 fully saturated rings. The highest BCUT2D eigenvalue weighted by Gasteiger charge is 2.30. The molecule has 4 heteroatoms. The average Bonchev–Trinajstić information content (AvgIpc) is 2.66. The van der Waals surface area contributed by atoms with Crippen LogP contribution >= 0.6 is 22.6 Å². The van der Waals surface area contributed by atoms with Gasteiger partial charge in [0.15, 0.2) is 0 Å². The van der Waals surface area contributed by atoms with Crippen molar-refractivity contribution in [2.45, 2.75) is 13.0 Å². The number of halogens is 1. The number of carbonyl (C=O) groups excluding carboxylic acids is 1. The van der Waals surface area contributed by atoms with Crippen molar-refractivity contribution in [2.24, 2.45) is 0 Å². The van der Waals surface area contributed by atoms with E-state index in [-0.39, 0.29) is 11.9 Å². The van der Waals surface area contributed by atoms with E-state index in [0.717, 1.165) is 26.1 Å². The van der Waals surface area contributed by atoms with Crippen molar-refractivity contribution < 1.29 is 4.79 Å². The zero-order chi connectivity index (χ0) is 13.4. The first-order valence-electron chi connectivity index (χ1n) is 6.07. The SMILES string of the molecule is Cc1ccc2c(c1)C(Nc1cccc(I)c1)C(=O)N2. The number of fused-ring (bicyclic) bond motifs is 1. The quantitative estimate of drug-likeness (QED) is 0.798. The van der Waals surface area contributed by atoms with Crippen LogP contribution in [0.4, 0.5) is 11.4 Å². The van der Waals surface area contributed by atoms with Crippen molar-refractivity contribution in [2.75, 3.05) is 10.6 Å². The number of hydrogen-bond donors (Lipinski definition) is 2. The fraction of sp³-hybridized carbons (Fsp3) is 0.133. The molecule has 1 amide bonds. The Morgan fingerprint density at radius 1 is 1.21 bits per heavy atom. The molecule has 1 atom stereocenters. The summed E-state index contributed by atoms with van der Waals surface area (Å²) >= 11 is 2.26. The molecule has 1 aliphatic heterocycles. The van der Waals surface area contributed by atoms with E-state index >= 15 is 0 Å². The summed E-state index contributed by atoms with van der Waals surface area (Å²) in [5.74, 6) is -0.000499. The monoisotopic (exact) mass is 364 g/mol. The molecule has 0 bridgehead atoms. The third-order valence-electron chi connectivity index (χ3n) is 3.17. The van der Waals surface area contributed by atoms with Gasteiger partial charge in [0, 0.05) is 20.5 Å². The number of benzene rings is 2. The van der Waals surface area contributed by atoms with E-state index in [2.05, 4.69) is 39.3 Å². The summed E-state index contributed by atoms with van der Waals surface area (Å²) in [6, 6.07) is 13.7. The maximum absolute atomic E-state index is 12.1. The van der Waals surface area contributed by atoms with Gasteiger partial charge < -0.3 is 10.6 Å². The molecular weight excluding hydrogens is 351 g/mol. The summed E-state index contributed by atoms with van der Waals surface area (Å²) in [6.45, 7) is 2.03. The van der Waals surface area contributed by atoms with Crippen molar-refractivity contribution in [3.63, 3.8) is 0 Å². The standard InChI is InChI=1S/C15H13IN2O/c1-9-5-6-13-12(7-9)14(15(19)18-13)17-11-4-2-3-10(16)8-11/h2-8,14,17H,1H3,(H,18,19). The zero-order valence-corrected chi connectivity index (χ0v) is 12.6. The second-order valence-electron chi connectivity index (χ2n) is 4.67. The van der Waals surface area contributed by atoms with Gasteiger partial charge in [-0.15, -0.1) is 0 Å². The van der Waals surface area contributed by atoms with Crippen molar-refractivity contribution in [1.82, 2.24) is 0 Å². The number of hydrogen-bond acceptors (Lipinski definition) is 2. The van der Waals surface area contributed by atoms with E-state index in [4.69, 9.17) is 0 Å². The van der Waals surface area contributed by atoms with Crippen molar-refractivity contribution in [3.8, 4) is 0 Å². The number of carbonyl (C=O) groups is 1. The average molecular weight is 364 g/mol. The van der Waals surface area contributed by atoms with Crippen LogP contribution in [0.1, 0.15) is 17.2 Å². The van der Waals surface area contributed by atoms with E-state index in [1.165, 1.54) is 0 Å². The Morgan fingerprint density at radius 2 is 2.05 bits per heavy atom. The molecule has 1 heterocycles. The van der Waals surface area contributed by atoms with Gasteiger partial charge in [-0.3, -0.25) is 4.79 Å². The lowest BCUT2D eigenvalue weighted by atomic mass is 10.1. The van der Waals surface area contributed by atoms with E-state index in [9.17, 15) is 4.79 Å². The van der Waals surface area contributed by atoms with Gasteiger partial charge in [0.1, 0.15) is 6.04 Å². The van der Waals surface area contributed by atoms with E-state index in [0.29, 0.717) is 0 Å². The van der Waals surface area contributed by atoms with Crippen LogP contribution in [-0.2, 0) is 4.79 Å². The summed E-state index contributed by atoms with van der Waals surface area (Å²) in [5, 5.41) is 6.20. The summed E-state index contributed by atoms with van der Waals surface area (Å²) in [5.41, 5.74) is 4.04. The molecule has 0 saturated carbocycles. The van der Waals surface area contributed by atoms with Crippen LogP contribution < -0.4 is 10.6 Å². The number of rotatable bonds is 2. The Hall–Kier alpha value is -1.56. The summed E-state index contributed by atoms with van der Waals surface area (Å²) in [4.78, 5) is 12.1. The van der Waals surface area contributed by atoms with E-state index < -0.39 is 0 Å². The molecule has 3 nitrogen and oxygen atoms in total. The maximum Gasteiger partial charge on any atom is 0.251 e. The van der Waals surface area contributed by atoms with Crippen LogP contribution in [-0.4, -0.2) is 5.91 Å². The third-order valence-corrected chi connectivity index (χ3v) is 3.84. The number of anilines is 2. The minimum absolute atomic E-state index is 0.000499. The number of aryl methyl sites for hydroxylation is 1. The predicted molar refractivity (Wildman–Crippen MR) is 85.3 cm³/mol. The van der Waals surface area contributed by atoms with Gasteiger partial charge >= 0.3 is 0 Å². The Morgan fingerprint density at radius 3 is 2.84 bits per heavy atom. The minimum Gasteiger partial charge on any atom is -0.370 e. The molecule has 2 aromatic rings. The van der Waals surface area contributed by atoms with Gasteiger partial charge in [0.05, 0.1) is 0 Å². The predicted octanol–water partition coefficient (Wildman–Crippen LogP) is 3.70. The summed E-state index contributed by atoms with van der Waals surface area (Å²) < 4.78 is 1.14. The Bertz CT molecular complexity index is 654. The molecule has 96 valence electrons. The molecule has 2 N–H and O–H groups in total. The summed E-state index contributed by atoms with van der Waals surface area (Å²) in [6.07, 6.45) is 0. The first kappa shape index (κ1) is 12.5. The molecule has 1 unspecified atom stereocenters. The van der Waals surface area contributed by atoms with Crippen molar-refractivity contribution >= 4 is 39.9 Å². The zero-order valence-electron chi connectivity index (χ0n) is 10.4. The van der Waals surface area contributed by atoms with Gasteiger partial charge in [0.2, 0.25) is 0 Å². The fourth-order valence-corrected chi connectivity index (χ4v) is 2.81. The smallest absolute Gasteiger partial charge is 0.251 e. The number of nitrogens with one attached hydrogen (secondary N) is 2. The molecule has 0 spiro atoms. The van der Waals surface area contributed by atoms with Gasteiger partial charge in [-0.05, 0) is 53.8 Å². The molecule has 3 rings (SSSR count). The first-order chi connectivity index (χ1) is 9.13. The lowest BCUT2D eigenvalue weighted by Gasteiger charge is -2.13. The second-order valence-corrected chi connectivity index (χ2v) is 5.91. The van der Waals surface area contributed by atoms with Crippen LogP contribution in [0.5, 0.6) is 0 Å². The summed E-state index contributed by atoms with van der Waals surface area (Å²) in [7, 11) is 0. The molecule has 2 aromatic carbocycles. The molecule has 19 heavy (non-hydrogen) atoms. The molecule has 0 saturated heterocycles. The van der Waals surface area contributed by atoms with Gasteiger partial charge in [-0.25, -0.2) is 0 Å². The highest BCUT2D eigenvalue weighted by atomic mass is 127. The Kier molecular flexibility index (Phi) is 3.18. The van der Waals surface area contributed by atoms with E-state index in [1.807, 2.05) is 43.3 Å². The van der Waals surface area contributed by atoms with Gasteiger partial charge in [-0.2, -0.15) is 0 Å². The van der Waals surface area contributed by atoms with Gasteiger partial charge in [-0.1, -0.05) is 23.8 Å². The highest BCUT2D eigenvalue weighted by molar-refractivity contribution is 14.1. The molecule has 0 radical (unpaired) electrons. The van der Waals surface area contributed by atoms with Crippen molar-refractivity contribution in [3.05, 3.63) is 57.2 Å². The van der Waals surface area contributed by atoms with Crippen LogP contribution in [0, 0.1) is 10.5 Å². The lowest BCUT2D eigenvalue weighted by Crippen LogP contribution is -2.19. The Balaban J connectivity index is 1.94. The van der Waals surface area contributed by atoms with Crippen LogP contribution in [0.25, 0.3) is 0 Å². The third kappa shape index (κ3) is 2.45. The molecule has 0 aromatic heterocycles. The van der Waals surface area contributed by atoms with Crippen molar-refractivity contribution in [1.29, 1.82) is 0 Å². The first-order valence-corrected chi connectivity index (χ1v) is 7.15. The fourth-order valence-electron chi connectivity index (χ4n) is 2.27. The van der Waals surface area contributed by atoms with Gasteiger partial charge in [0.25, 0.3) is 5.91 Å². The largest absolute Gasteiger partial charge is 0.370 e. The second kappa shape index (κ2) is 4.85. The minimum atomic E-state index is -0.312. The highest BCUT2D eigenvalue weighted by Crippen LogP contribution is 2.34. The molecular formula is C15H13IN2O. The Labute approximate surface area is 125 Å². The number of amides is 1. The normalized spacial score (nSPS) is 16.9. The maximum atomic E-state index is 12.1. The van der Waals surface area contributed by atoms with Crippen LogP contribution in [0.15, 0.2) is 42.5 Å². The van der Waals surface area contributed by atoms with Crippen LogP contribution in [0.2, 0.25) is 0 Å². The molecule has 0 aliphatic carbocycles.